The van der Waals surface area contributed by atoms with Crippen LogP contribution in [0.2, 0.25) is 0 Å². The van der Waals surface area contributed by atoms with Crippen LogP contribution in [0.4, 0.5) is 0 Å². The van der Waals surface area contributed by atoms with Crippen molar-refractivity contribution in [2.75, 3.05) is 20.1 Å². The van der Waals surface area contributed by atoms with Gasteiger partial charge in [0.05, 0.1) is 5.69 Å². The van der Waals surface area contributed by atoms with Crippen LogP contribution in [0.3, 0.4) is 0 Å². The Morgan fingerprint density at radius 2 is 2.19 bits per heavy atom. The van der Waals surface area contributed by atoms with E-state index in [2.05, 4.69) is 41.2 Å². The van der Waals surface area contributed by atoms with Gasteiger partial charge in [-0.2, -0.15) is 0 Å². The van der Waals surface area contributed by atoms with E-state index >= 15 is 0 Å². The molecule has 90 valence electrons. The highest BCUT2D eigenvalue weighted by Gasteiger charge is 2.08. The van der Waals surface area contributed by atoms with Crippen LogP contribution in [0, 0.1) is 6.92 Å². The van der Waals surface area contributed by atoms with Crippen molar-refractivity contribution in [3.05, 3.63) is 29.6 Å². The second-order valence-electron chi connectivity index (χ2n) is 4.29. The molecule has 16 heavy (non-hydrogen) atoms. The summed E-state index contributed by atoms with van der Waals surface area (Å²) in [6.07, 6.45) is 0. The van der Waals surface area contributed by atoms with Crippen molar-refractivity contribution >= 4 is 0 Å². The third-order valence-corrected chi connectivity index (χ3v) is 2.80. The Bertz CT molecular complexity index is 312. The summed E-state index contributed by atoms with van der Waals surface area (Å²) in [5.41, 5.74) is 2.25. The molecule has 1 N–H and O–H groups in total. The molecule has 1 aromatic rings. The molecule has 0 saturated carbocycles. The van der Waals surface area contributed by atoms with Gasteiger partial charge in [-0.25, -0.2) is 0 Å². The first-order valence-electron chi connectivity index (χ1n) is 5.97. The molecule has 1 heterocycles. The van der Waals surface area contributed by atoms with E-state index < -0.39 is 0 Å². The first-order valence-corrected chi connectivity index (χ1v) is 5.97. The second kappa shape index (κ2) is 6.61. The molecule has 0 aliphatic rings. The van der Waals surface area contributed by atoms with Gasteiger partial charge in [0, 0.05) is 24.8 Å². The lowest BCUT2D eigenvalue weighted by molar-refractivity contribution is 0.252. The van der Waals surface area contributed by atoms with Crippen LogP contribution in [0.5, 0.6) is 0 Å². The molecule has 1 rings (SSSR count). The van der Waals surface area contributed by atoms with Gasteiger partial charge in [-0.15, -0.1) is 0 Å². The standard InChI is InChI=1S/C13H23N3/c1-5-16(9-12(3)14-4)10-13-8-6-7-11(2)15-13/h6-8,12,14H,5,9-10H2,1-4H3. The maximum absolute atomic E-state index is 4.53. The summed E-state index contributed by atoms with van der Waals surface area (Å²) in [7, 11) is 2.00. The quantitative estimate of drug-likeness (QED) is 0.794. The normalized spacial score (nSPS) is 13.1. The number of likely N-dealkylation sites (N-methyl/N-ethyl adjacent to an activating group) is 2. The minimum Gasteiger partial charge on any atom is -0.316 e. The number of nitrogens with one attached hydrogen (secondary N) is 1. The van der Waals surface area contributed by atoms with Crippen molar-refractivity contribution < 1.29 is 0 Å². The zero-order chi connectivity index (χ0) is 12.0. The second-order valence-corrected chi connectivity index (χ2v) is 4.29. The molecule has 0 aliphatic heterocycles. The van der Waals surface area contributed by atoms with Gasteiger partial charge in [0.15, 0.2) is 0 Å². The van der Waals surface area contributed by atoms with Crippen molar-refractivity contribution in [3.8, 4) is 0 Å². The van der Waals surface area contributed by atoms with Crippen molar-refractivity contribution in [1.82, 2.24) is 15.2 Å². The Morgan fingerprint density at radius 1 is 1.44 bits per heavy atom. The van der Waals surface area contributed by atoms with Crippen molar-refractivity contribution in [2.45, 2.75) is 33.4 Å². The lowest BCUT2D eigenvalue weighted by Crippen LogP contribution is -2.37. The highest BCUT2D eigenvalue weighted by atomic mass is 15.1. The molecule has 3 nitrogen and oxygen atoms in total. The highest BCUT2D eigenvalue weighted by molar-refractivity contribution is 5.09. The number of nitrogens with zero attached hydrogens (tertiary/aromatic N) is 2. The molecular weight excluding hydrogens is 198 g/mol. The summed E-state index contributed by atoms with van der Waals surface area (Å²) in [4.78, 5) is 6.94. The van der Waals surface area contributed by atoms with Gasteiger partial charge < -0.3 is 5.32 Å². The number of hydrogen-bond acceptors (Lipinski definition) is 3. The van der Waals surface area contributed by atoms with Crippen molar-refractivity contribution in [3.63, 3.8) is 0 Å². The van der Waals surface area contributed by atoms with Crippen LogP contribution in [0.1, 0.15) is 25.2 Å². The third-order valence-electron chi connectivity index (χ3n) is 2.80. The van der Waals surface area contributed by atoms with Gasteiger partial charge in [-0.1, -0.05) is 13.0 Å². The van der Waals surface area contributed by atoms with Gasteiger partial charge in [0.1, 0.15) is 0 Å². The van der Waals surface area contributed by atoms with Crippen LogP contribution < -0.4 is 5.32 Å². The Morgan fingerprint density at radius 3 is 2.75 bits per heavy atom. The number of hydrogen-bond donors (Lipinski definition) is 1. The fraction of sp³-hybridized carbons (Fsp3) is 0.615. The molecule has 0 fully saturated rings. The first-order chi connectivity index (χ1) is 7.65. The summed E-state index contributed by atoms with van der Waals surface area (Å²) in [5.74, 6) is 0. The predicted molar refractivity (Wildman–Crippen MR) is 68.4 cm³/mol. The number of pyridine rings is 1. The zero-order valence-electron chi connectivity index (χ0n) is 10.8. The average molecular weight is 221 g/mol. The lowest BCUT2D eigenvalue weighted by Gasteiger charge is -2.23. The Balaban J connectivity index is 2.56. The molecule has 3 heteroatoms. The summed E-state index contributed by atoms with van der Waals surface area (Å²) < 4.78 is 0. The molecule has 0 saturated heterocycles. The maximum atomic E-state index is 4.53. The van der Waals surface area contributed by atoms with Gasteiger partial charge in [-0.05, 0) is 39.6 Å². The monoisotopic (exact) mass is 221 g/mol. The molecule has 1 aromatic heterocycles. The fourth-order valence-electron chi connectivity index (χ4n) is 1.70. The minimum absolute atomic E-state index is 0.518. The number of rotatable bonds is 6. The summed E-state index contributed by atoms with van der Waals surface area (Å²) >= 11 is 0. The molecule has 0 radical (unpaired) electrons. The van der Waals surface area contributed by atoms with E-state index in [-0.39, 0.29) is 0 Å². The largest absolute Gasteiger partial charge is 0.316 e. The van der Waals surface area contributed by atoms with Gasteiger partial charge in [0.2, 0.25) is 0 Å². The van der Waals surface area contributed by atoms with Crippen LogP contribution in [0.15, 0.2) is 18.2 Å². The first kappa shape index (κ1) is 13.1. The van der Waals surface area contributed by atoms with Crippen molar-refractivity contribution in [2.24, 2.45) is 0 Å². The van der Waals surface area contributed by atoms with E-state index in [1.54, 1.807) is 0 Å². The molecule has 0 amide bonds. The van der Waals surface area contributed by atoms with Gasteiger partial charge in [-0.3, -0.25) is 9.88 Å². The molecule has 0 spiro atoms. The summed E-state index contributed by atoms with van der Waals surface area (Å²) in [5, 5.41) is 3.26. The fourth-order valence-corrected chi connectivity index (χ4v) is 1.70. The van der Waals surface area contributed by atoms with E-state index in [0.717, 1.165) is 31.0 Å². The van der Waals surface area contributed by atoms with Gasteiger partial charge in [0.25, 0.3) is 0 Å². The van der Waals surface area contributed by atoms with E-state index in [9.17, 15) is 0 Å². The Labute approximate surface area is 98.9 Å². The molecule has 1 atom stereocenters. The lowest BCUT2D eigenvalue weighted by atomic mass is 10.2. The predicted octanol–water partition coefficient (Wildman–Crippen LogP) is 1.82. The van der Waals surface area contributed by atoms with E-state index in [1.807, 2.05) is 20.0 Å². The van der Waals surface area contributed by atoms with Crippen LogP contribution in [-0.4, -0.2) is 36.1 Å². The van der Waals surface area contributed by atoms with Crippen molar-refractivity contribution in [1.29, 1.82) is 0 Å². The molecule has 0 aromatic carbocycles. The molecule has 1 unspecified atom stereocenters. The van der Waals surface area contributed by atoms with E-state index in [4.69, 9.17) is 0 Å². The van der Waals surface area contributed by atoms with E-state index in [1.165, 1.54) is 0 Å². The van der Waals surface area contributed by atoms with Gasteiger partial charge >= 0.3 is 0 Å². The summed E-state index contributed by atoms with van der Waals surface area (Å²) in [6.45, 7) is 9.48. The Hall–Kier alpha value is -0.930. The maximum Gasteiger partial charge on any atom is 0.0547 e. The highest BCUT2D eigenvalue weighted by Crippen LogP contribution is 2.03. The smallest absolute Gasteiger partial charge is 0.0547 e. The number of aromatic nitrogens is 1. The Kier molecular flexibility index (Phi) is 5.43. The molecular formula is C13H23N3. The third kappa shape index (κ3) is 4.29. The SMILES string of the molecule is CCN(Cc1cccc(C)n1)CC(C)NC. The molecule has 0 aliphatic carbocycles. The number of aryl methyl sites for hydroxylation is 1. The van der Waals surface area contributed by atoms with Crippen LogP contribution in [-0.2, 0) is 6.54 Å². The summed E-state index contributed by atoms with van der Waals surface area (Å²) in [6, 6.07) is 6.73. The van der Waals surface area contributed by atoms with Crippen LogP contribution in [0.25, 0.3) is 0 Å². The zero-order valence-corrected chi connectivity index (χ0v) is 10.8. The minimum atomic E-state index is 0.518. The average Bonchev–Trinajstić information content (AvgIpc) is 2.28. The van der Waals surface area contributed by atoms with Crippen LogP contribution >= 0.6 is 0 Å². The molecule has 0 bridgehead atoms. The van der Waals surface area contributed by atoms with E-state index in [0.29, 0.717) is 6.04 Å². The topological polar surface area (TPSA) is 28.2 Å².